The lowest BCUT2D eigenvalue weighted by Gasteiger charge is -2.21. The van der Waals surface area contributed by atoms with Gasteiger partial charge in [0.2, 0.25) is 5.91 Å². The van der Waals surface area contributed by atoms with Crippen molar-refractivity contribution in [3.8, 4) is 5.69 Å². The highest BCUT2D eigenvalue weighted by molar-refractivity contribution is 7.99. The molecule has 4 aromatic rings. The molecule has 5 nitrogen and oxygen atoms in total. The molecular formula is C25H22FN3O2S. The third-order valence-corrected chi connectivity index (χ3v) is 6.09. The lowest BCUT2D eigenvalue weighted by Crippen LogP contribution is -2.32. The molecule has 0 spiro atoms. The Bertz CT molecular complexity index is 1340. The Morgan fingerprint density at radius 1 is 1.06 bits per heavy atom. The van der Waals surface area contributed by atoms with Gasteiger partial charge in [-0.2, -0.15) is 0 Å². The first-order valence-corrected chi connectivity index (χ1v) is 11.2. The monoisotopic (exact) mass is 447 g/mol. The van der Waals surface area contributed by atoms with Crippen molar-refractivity contribution >= 4 is 34.3 Å². The van der Waals surface area contributed by atoms with Crippen LogP contribution in [0, 0.1) is 12.7 Å². The quantitative estimate of drug-likeness (QED) is 0.309. The van der Waals surface area contributed by atoms with E-state index in [0.717, 1.165) is 5.69 Å². The second kappa shape index (κ2) is 9.36. The van der Waals surface area contributed by atoms with Gasteiger partial charge >= 0.3 is 0 Å². The number of hydrogen-bond donors (Lipinski definition) is 0. The number of para-hydroxylation sites is 2. The van der Waals surface area contributed by atoms with Crippen molar-refractivity contribution in [2.45, 2.75) is 19.0 Å². The third-order valence-electron chi connectivity index (χ3n) is 5.17. The number of aryl methyl sites for hydroxylation is 1. The number of anilines is 1. The van der Waals surface area contributed by atoms with E-state index in [2.05, 4.69) is 4.98 Å². The summed E-state index contributed by atoms with van der Waals surface area (Å²) in [4.78, 5) is 32.6. The minimum Gasteiger partial charge on any atom is -0.312 e. The van der Waals surface area contributed by atoms with Gasteiger partial charge in [0, 0.05) is 12.2 Å². The third kappa shape index (κ3) is 4.29. The molecular weight excluding hydrogens is 425 g/mol. The molecule has 0 radical (unpaired) electrons. The molecule has 0 aliphatic heterocycles. The molecule has 0 saturated carbocycles. The van der Waals surface area contributed by atoms with Crippen LogP contribution in [0.2, 0.25) is 0 Å². The number of fused-ring (bicyclic) bond motifs is 1. The smallest absolute Gasteiger partial charge is 0.266 e. The van der Waals surface area contributed by atoms with E-state index in [9.17, 15) is 14.0 Å². The molecule has 7 heteroatoms. The molecule has 0 saturated heterocycles. The fourth-order valence-electron chi connectivity index (χ4n) is 3.47. The number of hydrogen-bond acceptors (Lipinski definition) is 4. The molecule has 1 aromatic heterocycles. The summed E-state index contributed by atoms with van der Waals surface area (Å²) in [5, 5.41) is 0.776. The number of carbonyl (C=O) groups is 1. The summed E-state index contributed by atoms with van der Waals surface area (Å²) in [6.45, 7) is 4.09. The Labute approximate surface area is 189 Å². The summed E-state index contributed by atoms with van der Waals surface area (Å²) in [6.07, 6.45) is 0. The van der Waals surface area contributed by atoms with Crippen LogP contribution in [0.1, 0.15) is 12.5 Å². The average molecular weight is 448 g/mol. The maximum Gasteiger partial charge on any atom is 0.266 e. The highest BCUT2D eigenvalue weighted by Gasteiger charge is 2.18. The molecule has 162 valence electrons. The van der Waals surface area contributed by atoms with E-state index in [1.54, 1.807) is 48.2 Å². The zero-order valence-electron chi connectivity index (χ0n) is 17.8. The summed E-state index contributed by atoms with van der Waals surface area (Å²) < 4.78 is 15.7. The van der Waals surface area contributed by atoms with Gasteiger partial charge in [-0.3, -0.25) is 14.2 Å². The Kier molecular flexibility index (Phi) is 6.37. The van der Waals surface area contributed by atoms with E-state index in [-0.39, 0.29) is 17.2 Å². The van der Waals surface area contributed by atoms with Crippen molar-refractivity contribution in [1.82, 2.24) is 9.55 Å². The van der Waals surface area contributed by atoms with E-state index in [1.165, 1.54) is 22.4 Å². The fourth-order valence-corrected chi connectivity index (χ4v) is 4.36. The molecule has 0 atom stereocenters. The van der Waals surface area contributed by atoms with Gasteiger partial charge in [-0.15, -0.1) is 0 Å². The minimum atomic E-state index is -0.407. The largest absolute Gasteiger partial charge is 0.312 e. The first kappa shape index (κ1) is 21.8. The van der Waals surface area contributed by atoms with Crippen LogP contribution in [0.15, 0.2) is 82.7 Å². The Balaban J connectivity index is 1.73. The van der Waals surface area contributed by atoms with E-state index >= 15 is 0 Å². The van der Waals surface area contributed by atoms with Crippen molar-refractivity contribution < 1.29 is 9.18 Å². The Morgan fingerprint density at radius 2 is 1.78 bits per heavy atom. The van der Waals surface area contributed by atoms with Crippen molar-refractivity contribution in [3.05, 3.63) is 94.5 Å². The van der Waals surface area contributed by atoms with Crippen molar-refractivity contribution in [3.63, 3.8) is 0 Å². The van der Waals surface area contributed by atoms with E-state index in [4.69, 9.17) is 0 Å². The van der Waals surface area contributed by atoms with Gasteiger partial charge < -0.3 is 4.90 Å². The molecule has 0 N–H and O–H groups in total. The highest BCUT2D eigenvalue weighted by atomic mass is 32.2. The summed E-state index contributed by atoms with van der Waals surface area (Å²) in [7, 11) is 0. The van der Waals surface area contributed by atoms with Gasteiger partial charge in [-0.25, -0.2) is 9.37 Å². The summed E-state index contributed by atoms with van der Waals surface area (Å²) in [6, 6.07) is 21.1. The SMILES string of the molecule is CCN(C(=O)CSc1nc2ccccc2c(=O)n1-c1ccc(C)c(F)c1)c1ccccc1. The van der Waals surface area contributed by atoms with Gasteiger partial charge in [0.05, 0.1) is 22.3 Å². The van der Waals surface area contributed by atoms with Crippen molar-refractivity contribution in [2.75, 3.05) is 17.2 Å². The first-order chi connectivity index (χ1) is 15.5. The van der Waals surface area contributed by atoms with Crippen LogP contribution in [0.4, 0.5) is 10.1 Å². The highest BCUT2D eigenvalue weighted by Crippen LogP contribution is 2.24. The number of halogens is 1. The van der Waals surface area contributed by atoms with Crippen LogP contribution in [0.25, 0.3) is 16.6 Å². The normalized spacial score (nSPS) is 11.0. The standard InChI is InChI=1S/C25H22FN3O2S/c1-3-28(18-9-5-4-6-10-18)23(30)16-32-25-27-22-12-8-7-11-20(22)24(31)29(25)19-14-13-17(2)21(26)15-19/h4-15H,3,16H2,1-2H3. The number of thioether (sulfide) groups is 1. The van der Waals surface area contributed by atoms with Crippen molar-refractivity contribution in [1.29, 1.82) is 0 Å². The molecule has 32 heavy (non-hydrogen) atoms. The van der Waals surface area contributed by atoms with Crippen LogP contribution in [0.3, 0.4) is 0 Å². The van der Waals surface area contributed by atoms with Gasteiger partial charge in [-0.05, 0) is 55.8 Å². The van der Waals surface area contributed by atoms with Crippen LogP contribution in [0.5, 0.6) is 0 Å². The van der Waals surface area contributed by atoms with E-state index in [1.807, 2.05) is 37.3 Å². The minimum absolute atomic E-state index is 0.0852. The molecule has 3 aromatic carbocycles. The number of carbonyl (C=O) groups excluding carboxylic acids is 1. The molecule has 0 aliphatic carbocycles. The molecule has 1 heterocycles. The first-order valence-electron chi connectivity index (χ1n) is 10.3. The molecule has 0 bridgehead atoms. The number of benzene rings is 3. The van der Waals surface area contributed by atoms with Gasteiger partial charge in [0.25, 0.3) is 5.56 Å². The van der Waals surface area contributed by atoms with Gasteiger partial charge in [0.15, 0.2) is 5.16 Å². The number of nitrogens with zero attached hydrogens (tertiary/aromatic N) is 3. The lowest BCUT2D eigenvalue weighted by atomic mass is 10.2. The van der Waals surface area contributed by atoms with E-state index in [0.29, 0.717) is 33.9 Å². The number of amides is 1. The van der Waals surface area contributed by atoms with Crippen molar-refractivity contribution in [2.24, 2.45) is 0 Å². The van der Waals surface area contributed by atoms with Crippen LogP contribution < -0.4 is 10.5 Å². The molecule has 0 fully saturated rings. The van der Waals surface area contributed by atoms with Crippen LogP contribution in [-0.4, -0.2) is 27.8 Å². The Morgan fingerprint density at radius 3 is 2.50 bits per heavy atom. The molecule has 4 rings (SSSR count). The van der Waals surface area contributed by atoms with E-state index < -0.39 is 5.82 Å². The lowest BCUT2D eigenvalue weighted by molar-refractivity contribution is -0.116. The average Bonchev–Trinajstić information content (AvgIpc) is 2.81. The predicted octanol–water partition coefficient (Wildman–Crippen LogP) is 4.98. The number of rotatable bonds is 6. The zero-order valence-corrected chi connectivity index (χ0v) is 18.6. The number of aromatic nitrogens is 2. The van der Waals surface area contributed by atoms with Crippen LogP contribution >= 0.6 is 11.8 Å². The van der Waals surface area contributed by atoms with Gasteiger partial charge in [-0.1, -0.05) is 48.2 Å². The summed E-state index contributed by atoms with van der Waals surface area (Å²) in [5.41, 5.74) is 1.91. The summed E-state index contributed by atoms with van der Waals surface area (Å²) in [5.74, 6) is -0.425. The van der Waals surface area contributed by atoms with Gasteiger partial charge in [0.1, 0.15) is 5.82 Å². The maximum absolute atomic E-state index is 14.3. The predicted molar refractivity (Wildman–Crippen MR) is 127 cm³/mol. The maximum atomic E-state index is 14.3. The van der Waals surface area contributed by atoms with Crippen LogP contribution in [-0.2, 0) is 4.79 Å². The molecule has 1 amide bonds. The molecule has 0 unspecified atom stereocenters. The molecule has 0 aliphatic rings. The second-order valence-electron chi connectivity index (χ2n) is 7.25. The Hall–Kier alpha value is -3.45. The fraction of sp³-hybridized carbons (Fsp3) is 0.160. The summed E-state index contributed by atoms with van der Waals surface area (Å²) >= 11 is 1.17. The topological polar surface area (TPSA) is 55.2 Å². The second-order valence-corrected chi connectivity index (χ2v) is 8.19. The zero-order chi connectivity index (χ0) is 22.7.